The number of hydrogen-bond donors (Lipinski definition) is 2. The minimum Gasteiger partial charge on any atom is -0.396 e. The summed E-state index contributed by atoms with van der Waals surface area (Å²) in [7, 11) is 0. The van der Waals surface area contributed by atoms with Gasteiger partial charge >= 0.3 is 0 Å². The maximum Gasteiger partial charge on any atom is 0.239 e. The highest BCUT2D eigenvalue weighted by Crippen LogP contribution is 2.20. The fraction of sp³-hybridized carbons (Fsp3) is 0.417. The third-order valence-corrected chi connectivity index (χ3v) is 2.41. The Morgan fingerprint density at radius 2 is 2.33 bits per heavy atom. The van der Waals surface area contributed by atoms with E-state index in [9.17, 15) is 4.79 Å². The summed E-state index contributed by atoms with van der Waals surface area (Å²) in [6.45, 7) is 5.18. The van der Waals surface area contributed by atoms with Crippen LogP contribution in [0.3, 0.4) is 0 Å². The Kier molecular flexibility index (Phi) is 4.93. The van der Waals surface area contributed by atoms with Gasteiger partial charge in [0.2, 0.25) is 5.91 Å². The molecule has 1 amide bonds. The molecule has 0 fully saturated rings. The predicted molar refractivity (Wildman–Crippen MR) is 69.9 cm³/mol. The van der Waals surface area contributed by atoms with E-state index in [0.717, 1.165) is 0 Å². The third kappa shape index (κ3) is 3.35. The van der Waals surface area contributed by atoms with Gasteiger partial charge in [0.05, 0.1) is 17.8 Å². The molecule has 0 aromatic carbocycles. The van der Waals surface area contributed by atoms with Crippen LogP contribution in [-0.2, 0) is 4.79 Å². The van der Waals surface area contributed by atoms with Crippen molar-refractivity contribution < 1.29 is 4.79 Å². The van der Waals surface area contributed by atoms with Crippen LogP contribution in [0.5, 0.6) is 0 Å². The highest BCUT2D eigenvalue weighted by Gasteiger charge is 2.13. The zero-order valence-corrected chi connectivity index (χ0v) is 10.6. The van der Waals surface area contributed by atoms with Crippen LogP contribution in [0.4, 0.5) is 11.5 Å². The minimum atomic E-state index is -0.0788. The van der Waals surface area contributed by atoms with Crippen molar-refractivity contribution >= 4 is 17.4 Å². The van der Waals surface area contributed by atoms with Crippen molar-refractivity contribution in [2.45, 2.75) is 13.8 Å². The average molecular weight is 247 g/mol. The van der Waals surface area contributed by atoms with Gasteiger partial charge in [-0.3, -0.25) is 4.79 Å². The van der Waals surface area contributed by atoms with Gasteiger partial charge in [-0.15, -0.1) is 0 Å². The summed E-state index contributed by atoms with van der Waals surface area (Å²) in [5.41, 5.74) is 6.65. The van der Waals surface area contributed by atoms with Crippen molar-refractivity contribution in [3.05, 3.63) is 17.8 Å². The molecule has 0 saturated carbocycles. The number of carbonyl (C=O) groups excluding carboxylic acids is 1. The summed E-state index contributed by atoms with van der Waals surface area (Å²) in [5.74, 6) is 0.452. The van der Waals surface area contributed by atoms with Gasteiger partial charge < -0.3 is 16.0 Å². The van der Waals surface area contributed by atoms with E-state index < -0.39 is 0 Å². The molecule has 6 heteroatoms. The molecule has 18 heavy (non-hydrogen) atoms. The van der Waals surface area contributed by atoms with E-state index in [1.165, 1.54) is 6.20 Å². The number of aromatic nitrogens is 1. The molecule has 1 rings (SSSR count). The minimum absolute atomic E-state index is 0.0788. The number of carbonyl (C=O) groups is 1. The van der Waals surface area contributed by atoms with Gasteiger partial charge in [0.25, 0.3) is 0 Å². The Morgan fingerprint density at radius 3 is 2.83 bits per heavy atom. The molecular weight excluding hydrogens is 230 g/mol. The first-order valence-electron chi connectivity index (χ1n) is 5.79. The Morgan fingerprint density at radius 1 is 1.61 bits per heavy atom. The van der Waals surface area contributed by atoms with Crippen LogP contribution in [0.15, 0.2) is 12.3 Å². The van der Waals surface area contributed by atoms with E-state index >= 15 is 0 Å². The molecule has 0 bridgehead atoms. The van der Waals surface area contributed by atoms with Crippen molar-refractivity contribution in [3.63, 3.8) is 0 Å². The number of nitrogens with zero attached hydrogens (tertiary/aromatic N) is 3. The molecule has 96 valence electrons. The smallest absolute Gasteiger partial charge is 0.239 e. The number of nitrogen functional groups attached to an aromatic ring is 1. The lowest BCUT2D eigenvalue weighted by Crippen LogP contribution is -2.37. The van der Waals surface area contributed by atoms with Gasteiger partial charge in [-0.05, 0) is 19.9 Å². The van der Waals surface area contributed by atoms with Gasteiger partial charge in [0.1, 0.15) is 6.07 Å². The number of pyridine rings is 1. The number of hydrogen-bond acceptors (Lipinski definition) is 5. The van der Waals surface area contributed by atoms with E-state index in [1.54, 1.807) is 11.0 Å². The van der Waals surface area contributed by atoms with E-state index in [-0.39, 0.29) is 12.5 Å². The van der Waals surface area contributed by atoms with Crippen molar-refractivity contribution in [2.75, 3.05) is 30.3 Å². The van der Waals surface area contributed by atoms with Crippen molar-refractivity contribution in [1.29, 1.82) is 5.26 Å². The quantitative estimate of drug-likeness (QED) is 0.790. The second-order valence-electron chi connectivity index (χ2n) is 3.72. The Bertz CT molecular complexity index is 466. The maximum absolute atomic E-state index is 11.5. The predicted octanol–water partition coefficient (Wildman–Crippen LogP) is 0.498. The summed E-state index contributed by atoms with van der Waals surface area (Å²) < 4.78 is 0. The largest absolute Gasteiger partial charge is 0.396 e. The molecular formula is C12H17N5O. The van der Waals surface area contributed by atoms with Crippen molar-refractivity contribution in [3.8, 4) is 6.07 Å². The van der Waals surface area contributed by atoms with Crippen LogP contribution in [0, 0.1) is 11.3 Å². The summed E-state index contributed by atoms with van der Waals surface area (Å²) in [5, 5.41) is 11.5. The topological polar surface area (TPSA) is 95.0 Å². The monoisotopic (exact) mass is 247 g/mol. The normalized spacial score (nSPS) is 9.61. The van der Waals surface area contributed by atoms with Gasteiger partial charge in [0, 0.05) is 19.3 Å². The van der Waals surface area contributed by atoms with Gasteiger partial charge in [-0.1, -0.05) is 0 Å². The highest BCUT2D eigenvalue weighted by atomic mass is 16.2. The second-order valence-corrected chi connectivity index (χ2v) is 3.72. The zero-order chi connectivity index (χ0) is 13.5. The number of amides is 1. The molecule has 0 spiro atoms. The van der Waals surface area contributed by atoms with E-state index in [1.807, 2.05) is 19.9 Å². The van der Waals surface area contributed by atoms with Gasteiger partial charge in [0.15, 0.2) is 5.82 Å². The zero-order valence-electron chi connectivity index (χ0n) is 10.6. The molecule has 3 N–H and O–H groups in total. The lowest BCUT2D eigenvalue weighted by molar-refractivity contribution is -0.119. The summed E-state index contributed by atoms with van der Waals surface area (Å²) in [4.78, 5) is 17.4. The fourth-order valence-electron chi connectivity index (χ4n) is 1.56. The summed E-state index contributed by atoms with van der Waals surface area (Å²) >= 11 is 0. The van der Waals surface area contributed by atoms with Crippen LogP contribution in [0.1, 0.15) is 19.4 Å². The molecule has 1 heterocycles. The molecule has 1 aromatic heterocycles. The number of likely N-dealkylation sites (N-methyl/N-ethyl adjacent to an activating group) is 2. The average Bonchev–Trinajstić information content (AvgIpc) is 2.36. The maximum atomic E-state index is 11.5. The van der Waals surface area contributed by atoms with E-state index in [4.69, 9.17) is 11.0 Å². The molecule has 0 atom stereocenters. The van der Waals surface area contributed by atoms with Crippen LogP contribution < -0.4 is 16.0 Å². The van der Waals surface area contributed by atoms with Crippen LogP contribution in [0.2, 0.25) is 0 Å². The first-order chi connectivity index (χ1) is 8.62. The van der Waals surface area contributed by atoms with Crippen molar-refractivity contribution in [1.82, 2.24) is 10.3 Å². The fourth-order valence-corrected chi connectivity index (χ4v) is 1.56. The molecule has 0 aliphatic heterocycles. The number of nitrogens with one attached hydrogen (secondary N) is 1. The number of nitriles is 1. The van der Waals surface area contributed by atoms with Crippen molar-refractivity contribution in [2.24, 2.45) is 0 Å². The van der Waals surface area contributed by atoms with Crippen LogP contribution in [0.25, 0.3) is 0 Å². The molecule has 0 aliphatic carbocycles. The first-order valence-corrected chi connectivity index (χ1v) is 5.79. The lowest BCUT2D eigenvalue weighted by Gasteiger charge is -2.22. The highest BCUT2D eigenvalue weighted by molar-refractivity contribution is 5.82. The second kappa shape index (κ2) is 6.45. The van der Waals surface area contributed by atoms with Crippen LogP contribution >= 0.6 is 0 Å². The number of rotatable bonds is 5. The third-order valence-electron chi connectivity index (χ3n) is 2.41. The van der Waals surface area contributed by atoms with Gasteiger partial charge in [-0.2, -0.15) is 5.26 Å². The molecule has 6 nitrogen and oxygen atoms in total. The molecule has 0 unspecified atom stereocenters. The summed E-state index contributed by atoms with van der Waals surface area (Å²) in [6, 6.07) is 3.53. The lowest BCUT2D eigenvalue weighted by atomic mass is 10.2. The summed E-state index contributed by atoms with van der Waals surface area (Å²) in [6.07, 6.45) is 1.45. The molecule has 1 aromatic rings. The first kappa shape index (κ1) is 13.8. The molecule has 0 radical (unpaired) electrons. The van der Waals surface area contributed by atoms with Crippen LogP contribution in [-0.4, -0.2) is 30.5 Å². The standard InChI is InChI=1S/C12H17N5O/c1-3-15-11(18)8-17(4-2)12-10(14)5-9(6-13)7-16-12/h5,7H,3-4,8,14H2,1-2H3,(H,15,18). The molecule has 0 saturated heterocycles. The Labute approximate surface area is 106 Å². The van der Waals surface area contributed by atoms with Gasteiger partial charge in [-0.25, -0.2) is 4.98 Å². The SMILES string of the molecule is CCNC(=O)CN(CC)c1ncc(C#N)cc1N. The number of anilines is 2. The number of nitrogens with two attached hydrogens (primary N) is 1. The Hall–Kier alpha value is -2.29. The van der Waals surface area contributed by atoms with E-state index in [0.29, 0.717) is 30.2 Å². The van der Waals surface area contributed by atoms with E-state index in [2.05, 4.69) is 10.3 Å². The molecule has 0 aliphatic rings. The Balaban J connectivity index is 2.89.